The van der Waals surface area contributed by atoms with Crippen LogP contribution >= 0.6 is 0 Å². The number of carbonyl (C=O) groups is 1. The van der Waals surface area contributed by atoms with Crippen LogP contribution in [-0.4, -0.2) is 35.1 Å². The van der Waals surface area contributed by atoms with E-state index >= 15 is 0 Å². The Bertz CT molecular complexity index is 449. The highest BCUT2D eigenvalue weighted by atomic mass is 16.6. The van der Waals surface area contributed by atoms with E-state index in [1.165, 1.54) is 4.90 Å². The molecule has 1 amide bonds. The van der Waals surface area contributed by atoms with E-state index in [0.717, 1.165) is 5.56 Å². The average molecular weight is 250 g/mol. The second-order valence-electron chi connectivity index (χ2n) is 4.27. The molecule has 0 aliphatic carbocycles. The maximum absolute atomic E-state index is 11.7. The number of amides is 1. The van der Waals surface area contributed by atoms with Crippen molar-refractivity contribution in [1.82, 2.24) is 4.90 Å². The van der Waals surface area contributed by atoms with E-state index in [0.29, 0.717) is 0 Å². The van der Waals surface area contributed by atoms with Gasteiger partial charge in [-0.15, -0.1) is 0 Å². The molecule has 0 saturated carbocycles. The smallest absolute Gasteiger partial charge is 0.410 e. The minimum atomic E-state index is -0.488. The van der Waals surface area contributed by atoms with Crippen molar-refractivity contribution in [3.63, 3.8) is 0 Å². The zero-order chi connectivity index (χ0) is 13.1. The molecule has 1 fully saturated rings. The number of carbonyl (C=O) groups excluding carboxylic acids is 1. The lowest BCUT2D eigenvalue weighted by Gasteiger charge is -2.25. The van der Waals surface area contributed by atoms with E-state index in [1.54, 1.807) is 6.92 Å². The number of rotatable bonds is 4. The summed E-state index contributed by atoms with van der Waals surface area (Å²) in [4.78, 5) is 23.2. The van der Waals surface area contributed by atoms with Gasteiger partial charge in [0.15, 0.2) is 0 Å². The molecule has 1 aromatic rings. The number of ether oxygens (including phenoxy) is 1. The predicted molar refractivity (Wildman–Crippen MR) is 63.7 cm³/mol. The minimum absolute atomic E-state index is 0.241. The number of benzene rings is 1. The van der Waals surface area contributed by atoms with Gasteiger partial charge < -0.3 is 4.74 Å². The summed E-state index contributed by atoms with van der Waals surface area (Å²) in [6.07, 6.45) is -0.488. The molecule has 0 spiro atoms. The van der Waals surface area contributed by atoms with E-state index in [1.807, 2.05) is 30.3 Å². The van der Waals surface area contributed by atoms with Crippen molar-refractivity contribution in [2.45, 2.75) is 19.0 Å². The molecule has 0 bridgehead atoms. The van der Waals surface area contributed by atoms with E-state index in [9.17, 15) is 14.9 Å². The zero-order valence-corrected chi connectivity index (χ0v) is 9.98. The quantitative estimate of drug-likeness (QED) is 0.603. The summed E-state index contributed by atoms with van der Waals surface area (Å²) in [6, 6.07) is 8.67. The number of hydrogen-bond acceptors (Lipinski definition) is 4. The third-order valence-corrected chi connectivity index (χ3v) is 2.98. The summed E-state index contributed by atoms with van der Waals surface area (Å²) < 4.78 is 5.00. The lowest BCUT2D eigenvalue weighted by molar-refractivity contribution is -0.485. The van der Waals surface area contributed by atoms with Gasteiger partial charge in [-0.05, 0) is 12.5 Å². The van der Waals surface area contributed by atoms with Crippen molar-refractivity contribution < 1.29 is 14.5 Å². The summed E-state index contributed by atoms with van der Waals surface area (Å²) in [7, 11) is 0. The fourth-order valence-corrected chi connectivity index (χ4v) is 2.16. The highest BCUT2D eigenvalue weighted by Gasteiger charge is 2.38. The van der Waals surface area contributed by atoms with Crippen LogP contribution in [0.4, 0.5) is 4.79 Å². The number of hydrogen-bond donors (Lipinski definition) is 0. The second-order valence-corrected chi connectivity index (χ2v) is 4.27. The standard InChI is InChI=1S/C12H14N2O4/c1-9(7-13(16)17)14-11(8-18-12(14)15)10-5-3-2-4-6-10/h2-6,9,11H,7-8H2,1H3/t9-,11+/m1/s1. The monoisotopic (exact) mass is 250 g/mol. The topological polar surface area (TPSA) is 72.7 Å². The Morgan fingerprint density at radius 3 is 2.78 bits per heavy atom. The van der Waals surface area contributed by atoms with Gasteiger partial charge in [-0.1, -0.05) is 30.3 Å². The fraction of sp³-hybridized carbons (Fsp3) is 0.417. The van der Waals surface area contributed by atoms with Gasteiger partial charge in [-0.3, -0.25) is 15.0 Å². The Hall–Kier alpha value is -2.11. The molecule has 1 aromatic carbocycles. The van der Waals surface area contributed by atoms with E-state index in [2.05, 4.69) is 0 Å². The van der Waals surface area contributed by atoms with Crippen LogP contribution in [0, 0.1) is 10.1 Å². The van der Waals surface area contributed by atoms with Gasteiger partial charge >= 0.3 is 6.09 Å². The van der Waals surface area contributed by atoms with Crippen LogP contribution < -0.4 is 0 Å². The van der Waals surface area contributed by atoms with Crippen molar-refractivity contribution in [3.8, 4) is 0 Å². The van der Waals surface area contributed by atoms with Crippen molar-refractivity contribution in [2.24, 2.45) is 0 Å². The Kier molecular flexibility index (Phi) is 3.45. The first-order chi connectivity index (χ1) is 8.59. The van der Waals surface area contributed by atoms with Gasteiger partial charge in [0, 0.05) is 4.92 Å². The van der Waals surface area contributed by atoms with Crippen molar-refractivity contribution >= 4 is 6.09 Å². The molecule has 1 aliphatic heterocycles. The third kappa shape index (κ3) is 2.42. The summed E-state index contributed by atoms with van der Waals surface area (Å²) in [5.74, 6) is 0. The Morgan fingerprint density at radius 2 is 2.17 bits per heavy atom. The van der Waals surface area contributed by atoms with Crippen LogP contribution in [0.25, 0.3) is 0 Å². The molecule has 18 heavy (non-hydrogen) atoms. The maximum Gasteiger partial charge on any atom is 0.410 e. The molecule has 0 aromatic heterocycles. The van der Waals surface area contributed by atoms with Crippen LogP contribution in [0.5, 0.6) is 0 Å². The van der Waals surface area contributed by atoms with Gasteiger partial charge in [0.05, 0.1) is 12.1 Å². The van der Waals surface area contributed by atoms with Crippen LogP contribution in [0.3, 0.4) is 0 Å². The van der Waals surface area contributed by atoms with Gasteiger partial charge in [-0.2, -0.15) is 0 Å². The molecule has 2 rings (SSSR count). The predicted octanol–water partition coefficient (Wildman–Crippen LogP) is 1.85. The Morgan fingerprint density at radius 1 is 1.50 bits per heavy atom. The van der Waals surface area contributed by atoms with Gasteiger partial charge in [0.1, 0.15) is 6.61 Å². The summed E-state index contributed by atoms with van der Waals surface area (Å²) >= 11 is 0. The lowest BCUT2D eigenvalue weighted by Crippen LogP contribution is -2.40. The van der Waals surface area contributed by atoms with Crippen LogP contribution in [0.2, 0.25) is 0 Å². The molecular formula is C12H14N2O4. The van der Waals surface area contributed by atoms with E-state index < -0.39 is 17.1 Å². The number of nitro groups is 1. The van der Waals surface area contributed by atoms with Gasteiger partial charge in [-0.25, -0.2) is 4.79 Å². The molecule has 96 valence electrons. The maximum atomic E-state index is 11.7. The third-order valence-electron chi connectivity index (χ3n) is 2.98. The molecule has 6 nitrogen and oxygen atoms in total. The first-order valence-electron chi connectivity index (χ1n) is 5.71. The Labute approximate surface area is 104 Å². The summed E-state index contributed by atoms with van der Waals surface area (Å²) in [6.45, 7) is 1.62. The SMILES string of the molecule is C[C@H](C[N+](=O)[O-])N1C(=O)OC[C@H]1c1ccccc1. The summed E-state index contributed by atoms with van der Waals surface area (Å²) in [5, 5.41) is 10.5. The molecule has 0 radical (unpaired) electrons. The number of cyclic esters (lactones) is 1. The van der Waals surface area contributed by atoms with Crippen LogP contribution in [0.1, 0.15) is 18.5 Å². The fourth-order valence-electron chi connectivity index (χ4n) is 2.16. The van der Waals surface area contributed by atoms with E-state index in [4.69, 9.17) is 4.74 Å². The van der Waals surface area contributed by atoms with Crippen LogP contribution in [-0.2, 0) is 4.74 Å². The number of nitrogens with zero attached hydrogens (tertiary/aromatic N) is 2. The summed E-state index contributed by atoms with van der Waals surface area (Å²) in [5.41, 5.74) is 0.929. The highest BCUT2D eigenvalue weighted by Crippen LogP contribution is 2.29. The molecule has 0 unspecified atom stereocenters. The van der Waals surface area contributed by atoms with E-state index in [-0.39, 0.29) is 19.2 Å². The second kappa shape index (κ2) is 5.03. The van der Waals surface area contributed by atoms with Crippen molar-refractivity contribution in [2.75, 3.05) is 13.2 Å². The lowest BCUT2D eigenvalue weighted by atomic mass is 10.1. The van der Waals surface area contributed by atoms with Crippen LogP contribution in [0.15, 0.2) is 30.3 Å². The highest BCUT2D eigenvalue weighted by molar-refractivity contribution is 5.71. The molecule has 6 heteroatoms. The molecule has 1 aliphatic rings. The molecule has 2 atom stereocenters. The largest absolute Gasteiger partial charge is 0.447 e. The van der Waals surface area contributed by atoms with Crippen molar-refractivity contribution in [3.05, 3.63) is 46.0 Å². The van der Waals surface area contributed by atoms with Gasteiger partial charge in [0.2, 0.25) is 6.54 Å². The Balaban J connectivity index is 2.20. The van der Waals surface area contributed by atoms with Gasteiger partial charge in [0.25, 0.3) is 0 Å². The first-order valence-corrected chi connectivity index (χ1v) is 5.71. The molecular weight excluding hydrogens is 236 g/mol. The minimum Gasteiger partial charge on any atom is -0.447 e. The first kappa shape index (κ1) is 12.3. The average Bonchev–Trinajstić information content (AvgIpc) is 2.71. The molecule has 1 saturated heterocycles. The zero-order valence-electron chi connectivity index (χ0n) is 9.98. The molecule has 0 N–H and O–H groups in total. The molecule has 1 heterocycles. The normalized spacial score (nSPS) is 20.6. The van der Waals surface area contributed by atoms with Crippen molar-refractivity contribution in [1.29, 1.82) is 0 Å².